The van der Waals surface area contributed by atoms with Gasteiger partial charge >= 0.3 is 0 Å². The van der Waals surface area contributed by atoms with Gasteiger partial charge in [-0.15, -0.1) is 0 Å². The van der Waals surface area contributed by atoms with Crippen LogP contribution in [0, 0.1) is 5.92 Å². The maximum absolute atomic E-state index is 5.66. The number of nitrogens with zero attached hydrogens (tertiary/aromatic N) is 1. The summed E-state index contributed by atoms with van der Waals surface area (Å²) in [5.41, 5.74) is 0. The van der Waals surface area contributed by atoms with Crippen LogP contribution in [-0.2, 0) is 11.2 Å². The summed E-state index contributed by atoms with van der Waals surface area (Å²) in [6.45, 7) is 3.91. The van der Waals surface area contributed by atoms with Crippen molar-refractivity contribution >= 4 is 0 Å². The number of ether oxygens (including phenoxy) is 1. The minimum absolute atomic E-state index is 0.112. The van der Waals surface area contributed by atoms with Crippen molar-refractivity contribution in [1.29, 1.82) is 0 Å². The van der Waals surface area contributed by atoms with Gasteiger partial charge in [-0.25, -0.2) is 4.98 Å². The number of hydrogen-bond donors (Lipinski definition) is 1. The van der Waals surface area contributed by atoms with Crippen LogP contribution in [0.2, 0.25) is 0 Å². The molecule has 1 aliphatic rings. The summed E-state index contributed by atoms with van der Waals surface area (Å²) in [6, 6.07) is 0. The third kappa shape index (κ3) is 2.38. The maximum Gasteiger partial charge on any atom is 0.195 e. The first kappa shape index (κ1) is 10.6. The molecule has 0 amide bonds. The van der Waals surface area contributed by atoms with E-state index in [1.54, 1.807) is 6.20 Å². The summed E-state index contributed by atoms with van der Waals surface area (Å²) in [7, 11) is 1.92. The first-order valence-corrected chi connectivity index (χ1v) is 5.52. The van der Waals surface area contributed by atoms with Crippen LogP contribution < -0.4 is 5.32 Å². The SMILES string of the molecule is CNCCc1ncc(C2OCCC2C)o1. The van der Waals surface area contributed by atoms with Gasteiger partial charge in [0.2, 0.25) is 0 Å². The summed E-state index contributed by atoms with van der Waals surface area (Å²) < 4.78 is 11.3. The molecule has 2 heterocycles. The lowest BCUT2D eigenvalue weighted by Gasteiger charge is -2.10. The fourth-order valence-electron chi connectivity index (χ4n) is 1.86. The zero-order valence-electron chi connectivity index (χ0n) is 9.32. The Labute approximate surface area is 90.0 Å². The standard InChI is InChI=1S/C11H18N2O2/c1-8-4-6-14-11(8)9-7-13-10(15-9)3-5-12-2/h7-8,11-12H,3-6H2,1-2H3. The maximum atomic E-state index is 5.66. The van der Waals surface area contributed by atoms with E-state index in [1.807, 2.05) is 7.05 Å². The van der Waals surface area contributed by atoms with Crippen molar-refractivity contribution in [1.82, 2.24) is 10.3 Å². The number of nitrogens with one attached hydrogen (secondary N) is 1. The first-order chi connectivity index (χ1) is 7.31. The molecule has 84 valence electrons. The molecule has 0 bridgehead atoms. The number of hydrogen-bond acceptors (Lipinski definition) is 4. The van der Waals surface area contributed by atoms with Gasteiger partial charge in [-0.3, -0.25) is 0 Å². The predicted octanol–water partition coefficient (Wildman–Crippen LogP) is 1.53. The van der Waals surface area contributed by atoms with Gasteiger partial charge in [-0.05, 0) is 19.4 Å². The summed E-state index contributed by atoms with van der Waals surface area (Å²) >= 11 is 0. The number of aromatic nitrogens is 1. The Balaban J connectivity index is 1.99. The monoisotopic (exact) mass is 210 g/mol. The van der Waals surface area contributed by atoms with E-state index in [-0.39, 0.29) is 6.10 Å². The van der Waals surface area contributed by atoms with E-state index in [9.17, 15) is 0 Å². The van der Waals surface area contributed by atoms with E-state index in [0.29, 0.717) is 5.92 Å². The molecule has 0 saturated carbocycles. The first-order valence-electron chi connectivity index (χ1n) is 5.52. The second-order valence-electron chi connectivity index (χ2n) is 4.07. The average Bonchev–Trinajstić information content (AvgIpc) is 2.83. The fourth-order valence-corrected chi connectivity index (χ4v) is 1.86. The molecule has 4 nitrogen and oxygen atoms in total. The highest BCUT2D eigenvalue weighted by Gasteiger charge is 2.28. The van der Waals surface area contributed by atoms with Crippen molar-refractivity contribution in [3.63, 3.8) is 0 Å². The van der Waals surface area contributed by atoms with Gasteiger partial charge < -0.3 is 14.5 Å². The van der Waals surface area contributed by atoms with Crippen LogP contribution in [0.15, 0.2) is 10.6 Å². The van der Waals surface area contributed by atoms with E-state index in [4.69, 9.17) is 9.15 Å². The number of likely N-dealkylation sites (N-methyl/N-ethyl adjacent to an activating group) is 1. The Morgan fingerprint density at radius 1 is 1.60 bits per heavy atom. The normalized spacial score (nSPS) is 26.0. The highest BCUT2D eigenvalue weighted by atomic mass is 16.5. The van der Waals surface area contributed by atoms with Crippen LogP contribution in [0.5, 0.6) is 0 Å². The van der Waals surface area contributed by atoms with Gasteiger partial charge in [0, 0.05) is 19.6 Å². The molecule has 0 radical (unpaired) electrons. The topological polar surface area (TPSA) is 47.3 Å². The van der Waals surface area contributed by atoms with Gasteiger partial charge in [0.1, 0.15) is 6.10 Å². The third-order valence-electron chi connectivity index (χ3n) is 2.83. The Kier molecular flexibility index (Phi) is 3.38. The summed E-state index contributed by atoms with van der Waals surface area (Å²) in [4.78, 5) is 4.25. The molecule has 1 aromatic heterocycles. The second kappa shape index (κ2) is 4.77. The lowest BCUT2D eigenvalue weighted by Crippen LogP contribution is -2.10. The molecule has 1 aliphatic heterocycles. The molecule has 1 fully saturated rings. The Morgan fingerprint density at radius 2 is 2.47 bits per heavy atom. The summed E-state index contributed by atoms with van der Waals surface area (Å²) in [6.07, 6.45) is 3.85. The van der Waals surface area contributed by atoms with Gasteiger partial charge in [0.15, 0.2) is 11.7 Å². The Hall–Kier alpha value is -0.870. The number of oxazole rings is 1. The second-order valence-corrected chi connectivity index (χ2v) is 4.07. The molecule has 1 N–H and O–H groups in total. The minimum Gasteiger partial charge on any atom is -0.443 e. The van der Waals surface area contributed by atoms with Crippen molar-refractivity contribution in [2.75, 3.05) is 20.2 Å². The fraction of sp³-hybridized carbons (Fsp3) is 0.727. The van der Waals surface area contributed by atoms with E-state index >= 15 is 0 Å². The summed E-state index contributed by atoms with van der Waals surface area (Å²) in [5.74, 6) is 2.21. The predicted molar refractivity (Wildman–Crippen MR) is 56.6 cm³/mol. The van der Waals surface area contributed by atoms with Crippen LogP contribution in [-0.4, -0.2) is 25.2 Å². The van der Waals surface area contributed by atoms with Crippen molar-refractivity contribution < 1.29 is 9.15 Å². The Morgan fingerprint density at radius 3 is 3.13 bits per heavy atom. The van der Waals surface area contributed by atoms with E-state index < -0.39 is 0 Å². The van der Waals surface area contributed by atoms with Crippen LogP contribution >= 0.6 is 0 Å². The number of rotatable bonds is 4. The lowest BCUT2D eigenvalue weighted by atomic mass is 10.0. The smallest absolute Gasteiger partial charge is 0.195 e. The van der Waals surface area contributed by atoms with Crippen LogP contribution in [0.1, 0.15) is 31.1 Å². The molecular weight excluding hydrogens is 192 g/mol. The third-order valence-corrected chi connectivity index (χ3v) is 2.83. The molecule has 0 spiro atoms. The van der Waals surface area contributed by atoms with Gasteiger partial charge in [-0.2, -0.15) is 0 Å². The van der Waals surface area contributed by atoms with Crippen LogP contribution in [0.4, 0.5) is 0 Å². The molecule has 15 heavy (non-hydrogen) atoms. The summed E-state index contributed by atoms with van der Waals surface area (Å²) in [5, 5.41) is 3.07. The highest BCUT2D eigenvalue weighted by Crippen LogP contribution is 2.34. The molecular formula is C11H18N2O2. The van der Waals surface area contributed by atoms with E-state index in [0.717, 1.165) is 37.6 Å². The highest BCUT2D eigenvalue weighted by molar-refractivity contribution is 5.01. The van der Waals surface area contributed by atoms with E-state index in [1.165, 1.54) is 0 Å². The molecule has 1 saturated heterocycles. The van der Waals surface area contributed by atoms with Crippen molar-refractivity contribution in [3.05, 3.63) is 17.8 Å². The molecule has 0 aliphatic carbocycles. The zero-order chi connectivity index (χ0) is 10.7. The molecule has 2 rings (SSSR count). The molecule has 2 atom stereocenters. The van der Waals surface area contributed by atoms with Crippen LogP contribution in [0.3, 0.4) is 0 Å². The molecule has 1 aromatic rings. The Bertz CT molecular complexity index is 311. The largest absolute Gasteiger partial charge is 0.443 e. The van der Waals surface area contributed by atoms with Crippen molar-refractivity contribution in [2.45, 2.75) is 25.9 Å². The molecule has 2 unspecified atom stereocenters. The quantitative estimate of drug-likeness (QED) is 0.818. The van der Waals surface area contributed by atoms with Crippen LogP contribution in [0.25, 0.3) is 0 Å². The zero-order valence-corrected chi connectivity index (χ0v) is 9.32. The van der Waals surface area contributed by atoms with Gasteiger partial charge in [-0.1, -0.05) is 6.92 Å². The van der Waals surface area contributed by atoms with Gasteiger partial charge in [0.05, 0.1) is 6.20 Å². The molecule has 0 aromatic carbocycles. The molecule has 4 heteroatoms. The average molecular weight is 210 g/mol. The van der Waals surface area contributed by atoms with E-state index in [2.05, 4.69) is 17.2 Å². The minimum atomic E-state index is 0.112. The van der Waals surface area contributed by atoms with Gasteiger partial charge in [0.25, 0.3) is 0 Å². The lowest BCUT2D eigenvalue weighted by molar-refractivity contribution is 0.0750. The van der Waals surface area contributed by atoms with Crippen molar-refractivity contribution in [3.8, 4) is 0 Å². The van der Waals surface area contributed by atoms with Crippen molar-refractivity contribution in [2.24, 2.45) is 5.92 Å².